The molecule has 0 unspecified atom stereocenters. The van der Waals surface area contributed by atoms with Crippen molar-refractivity contribution in [2.45, 2.75) is 27.2 Å². The average molecular weight is 184 g/mol. The molecule has 0 atom stereocenters. The van der Waals surface area contributed by atoms with Crippen LogP contribution in [0.15, 0.2) is 0 Å². The van der Waals surface area contributed by atoms with E-state index in [4.69, 9.17) is 0 Å². The minimum atomic E-state index is 0.225. The molecule has 3 nitrogen and oxygen atoms in total. The molecule has 2 saturated heterocycles. The van der Waals surface area contributed by atoms with Crippen LogP contribution in [0.25, 0.3) is 0 Å². The second-order valence-electron chi connectivity index (χ2n) is 3.80. The van der Waals surface area contributed by atoms with E-state index >= 15 is 0 Å². The Hall–Kier alpha value is -0.570. The third kappa shape index (κ3) is 2.02. The fourth-order valence-electron chi connectivity index (χ4n) is 2.05. The van der Waals surface area contributed by atoms with Crippen LogP contribution in [0, 0.1) is 5.41 Å². The molecule has 76 valence electrons. The van der Waals surface area contributed by atoms with Gasteiger partial charge in [0, 0.05) is 32.0 Å². The predicted molar refractivity (Wildman–Crippen MR) is 53.5 cm³/mol. The van der Waals surface area contributed by atoms with Crippen LogP contribution in [0.2, 0.25) is 0 Å². The molecule has 13 heavy (non-hydrogen) atoms. The molecule has 2 aliphatic rings. The molecule has 0 aromatic rings. The van der Waals surface area contributed by atoms with Crippen LogP contribution in [0.4, 0.5) is 0 Å². The van der Waals surface area contributed by atoms with Gasteiger partial charge in [0.25, 0.3) is 0 Å². The van der Waals surface area contributed by atoms with Crippen molar-refractivity contribution >= 4 is 5.91 Å². The minimum absolute atomic E-state index is 0.225. The van der Waals surface area contributed by atoms with Crippen LogP contribution in [-0.2, 0) is 4.79 Å². The maximum atomic E-state index is 10.9. The molecule has 0 aromatic heterocycles. The Morgan fingerprint density at radius 2 is 2.00 bits per heavy atom. The van der Waals surface area contributed by atoms with E-state index in [2.05, 4.69) is 5.32 Å². The SMILES string of the molecule is CC.CC(=O)N1CC2(CCNC2)C1. The first-order valence-corrected chi connectivity index (χ1v) is 5.18. The van der Waals surface area contributed by atoms with Gasteiger partial charge in [-0.15, -0.1) is 0 Å². The highest BCUT2D eigenvalue weighted by molar-refractivity contribution is 5.74. The third-order valence-corrected chi connectivity index (χ3v) is 2.83. The third-order valence-electron chi connectivity index (χ3n) is 2.83. The molecule has 2 aliphatic heterocycles. The van der Waals surface area contributed by atoms with Gasteiger partial charge in [-0.3, -0.25) is 4.79 Å². The van der Waals surface area contributed by atoms with Gasteiger partial charge in [-0.25, -0.2) is 0 Å². The second kappa shape index (κ2) is 4.09. The maximum absolute atomic E-state index is 10.9. The number of rotatable bonds is 0. The smallest absolute Gasteiger partial charge is 0.219 e. The maximum Gasteiger partial charge on any atom is 0.219 e. The van der Waals surface area contributed by atoms with Crippen LogP contribution < -0.4 is 5.32 Å². The van der Waals surface area contributed by atoms with Crippen LogP contribution in [0.1, 0.15) is 27.2 Å². The fourth-order valence-corrected chi connectivity index (χ4v) is 2.05. The summed E-state index contributed by atoms with van der Waals surface area (Å²) < 4.78 is 0. The lowest BCUT2D eigenvalue weighted by Crippen LogP contribution is -2.58. The van der Waals surface area contributed by atoms with Gasteiger partial charge in [-0.1, -0.05) is 13.8 Å². The molecule has 2 rings (SSSR count). The van der Waals surface area contributed by atoms with Crippen molar-refractivity contribution in [2.75, 3.05) is 26.2 Å². The Balaban J connectivity index is 0.000000396. The molecule has 1 N–H and O–H groups in total. The molecular formula is C10H20N2O. The number of nitrogens with zero attached hydrogens (tertiary/aromatic N) is 1. The lowest BCUT2D eigenvalue weighted by molar-refractivity contribution is -0.139. The Labute approximate surface area is 80.5 Å². The fraction of sp³-hybridized carbons (Fsp3) is 0.900. The van der Waals surface area contributed by atoms with Crippen LogP contribution in [-0.4, -0.2) is 37.0 Å². The van der Waals surface area contributed by atoms with Crippen LogP contribution in [0.5, 0.6) is 0 Å². The highest BCUT2D eigenvalue weighted by atomic mass is 16.2. The Morgan fingerprint density at radius 1 is 1.38 bits per heavy atom. The summed E-state index contributed by atoms with van der Waals surface area (Å²) in [6.07, 6.45) is 1.25. The first-order chi connectivity index (χ1) is 6.22. The molecule has 0 saturated carbocycles. The second-order valence-corrected chi connectivity index (χ2v) is 3.80. The van der Waals surface area contributed by atoms with Crippen molar-refractivity contribution in [3.05, 3.63) is 0 Å². The van der Waals surface area contributed by atoms with Gasteiger partial charge >= 0.3 is 0 Å². The molecule has 2 heterocycles. The zero-order chi connectivity index (χ0) is 9.90. The van der Waals surface area contributed by atoms with E-state index in [-0.39, 0.29) is 5.91 Å². The number of amides is 1. The molecular weight excluding hydrogens is 164 g/mol. The predicted octanol–water partition coefficient (Wildman–Crippen LogP) is 0.854. The van der Waals surface area contributed by atoms with Crippen molar-refractivity contribution in [3.63, 3.8) is 0 Å². The lowest BCUT2D eigenvalue weighted by Gasteiger charge is -2.47. The molecule has 0 aliphatic carbocycles. The lowest BCUT2D eigenvalue weighted by atomic mass is 9.79. The Bertz CT molecular complexity index is 177. The zero-order valence-corrected chi connectivity index (χ0v) is 8.89. The number of nitrogens with one attached hydrogen (secondary N) is 1. The Kier molecular flexibility index (Phi) is 3.31. The zero-order valence-electron chi connectivity index (χ0n) is 8.89. The summed E-state index contributed by atoms with van der Waals surface area (Å²) >= 11 is 0. The first-order valence-electron chi connectivity index (χ1n) is 5.18. The van der Waals surface area contributed by atoms with Crippen molar-refractivity contribution < 1.29 is 4.79 Å². The van der Waals surface area contributed by atoms with Gasteiger partial charge in [0.05, 0.1) is 0 Å². The molecule has 2 fully saturated rings. The summed E-state index contributed by atoms with van der Waals surface area (Å²) in [4.78, 5) is 12.8. The van der Waals surface area contributed by atoms with Gasteiger partial charge in [-0.05, 0) is 13.0 Å². The van der Waals surface area contributed by atoms with Gasteiger partial charge in [0.1, 0.15) is 0 Å². The monoisotopic (exact) mass is 184 g/mol. The van der Waals surface area contributed by atoms with E-state index in [9.17, 15) is 4.79 Å². The first kappa shape index (κ1) is 10.5. The molecule has 1 spiro atoms. The van der Waals surface area contributed by atoms with Gasteiger partial charge < -0.3 is 10.2 Å². The summed E-state index contributed by atoms with van der Waals surface area (Å²) in [5.74, 6) is 0.225. The summed E-state index contributed by atoms with van der Waals surface area (Å²) in [6.45, 7) is 9.85. The van der Waals surface area contributed by atoms with E-state index in [1.807, 2.05) is 18.7 Å². The molecule has 0 aromatic carbocycles. The number of hydrogen-bond acceptors (Lipinski definition) is 2. The number of carbonyl (C=O) groups is 1. The average Bonchev–Trinajstić information content (AvgIpc) is 2.53. The van der Waals surface area contributed by atoms with E-state index < -0.39 is 0 Å². The van der Waals surface area contributed by atoms with Crippen molar-refractivity contribution in [1.29, 1.82) is 0 Å². The molecule has 1 amide bonds. The highest BCUT2D eigenvalue weighted by Gasteiger charge is 2.45. The highest BCUT2D eigenvalue weighted by Crippen LogP contribution is 2.35. The van der Waals surface area contributed by atoms with Gasteiger partial charge in [-0.2, -0.15) is 0 Å². The standard InChI is InChI=1S/C8H14N2O.C2H6/c1-7(11)10-5-8(6-10)2-3-9-4-8;1-2/h9H,2-6H2,1H3;1-2H3. The minimum Gasteiger partial charge on any atom is -0.342 e. The molecule has 0 radical (unpaired) electrons. The van der Waals surface area contributed by atoms with Gasteiger partial charge in [0.15, 0.2) is 0 Å². The van der Waals surface area contributed by atoms with E-state index in [1.54, 1.807) is 6.92 Å². The van der Waals surface area contributed by atoms with Gasteiger partial charge in [0.2, 0.25) is 5.91 Å². The van der Waals surface area contributed by atoms with Crippen molar-refractivity contribution in [3.8, 4) is 0 Å². The number of hydrogen-bond donors (Lipinski definition) is 1. The largest absolute Gasteiger partial charge is 0.342 e. The van der Waals surface area contributed by atoms with Crippen molar-refractivity contribution in [1.82, 2.24) is 10.2 Å². The van der Waals surface area contributed by atoms with Crippen LogP contribution >= 0.6 is 0 Å². The summed E-state index contributed by atoms with van der Waals surface area (Å²) in [5, 5.41) is 3.34. The Morgan fingerprint density at radius 3 is 2.38 bits per heavy atom. The number of carbonyl (C=O) groups excluding carboxylic acids is 1. The molecule has 3 heteroatoms. The van der Waals surface area contributed by atoms with E-state index in [1.165, 1.54) is 6.42 Å². The van der Waals surface area contributed by atoms with E-state index in [0.717, 1.165) is 26.2 Å². The molecule has 0 bridgehead atoms. The van der Waals surface area contributed by atoms with Crippen LogP contribution in [0.3, 0.4) is 0 Å². The normalized spacial score (nSPS) is 23.5. The summed E-state index contributed by atoms with van der Waals surface area (Å²) in [5.41, 5.74) is 0.464. The van der Waals surface area contributed by atoms with E-state index in [0.29, 0.717) is 5.41 Å². The summed E-state index contributed by atoms with van der Waals surface area (Å²) in [6, 6.07) is 0. The number of likely N-dealkylation sites (tertiary alicyclic amines) is 1. The quantitative estimate of drug-likeness (QED) is 0.605. The van der Waals surface area contributed by atoms with Crippen molar-refractivity contribution in [2.24, 2.45) is 5.41 Å². The summed E-state index contributed by atoms with van der Waals surface area (Å²) in [7, 11) is 0. The topological polar surface area (TPSA) is 32.3 Å².